The Bertz CT molecular complexity index is 336. The first-order valence-electron chi connectivity index (χ1n) is 5.18. The molecular formula is C10H17O6P. The third-order valence-corrected chi connectivity index (χ3v) is 3.69. The van der Waals surface area contributed by atoms with Gasteiger partial charge in [-0.1, -0.05) is 5.57 Å². The summed E-state index contributed by atoms with van der Waals surface area (Å²) in [7, 11) is -2.11. The van der Waals surface area contributed by atoms with Crippen molar-refractivity contribution in [2.45, 2.75) is 38.4 Å². The van der Waals surface area contributed by atoms with Crippen LogP contribution in [0.25, 0.3) is 0 Å². The van der Waals surface area contributed by atoms with E-state index in [2.05, 4.69) is 0 Å². The van der Waals surface area contributed by atoms with Crippen LogP contribution in [0.2, 0.25) is 0 Å². The van der Waals surface area contributed by atoms with E-state index in [0.717, 1.165) is 5.57 Å². The third-order valence-electron chi connectivity index (χ3n) is 2.41. The highest BCUT2D eigenvalue weighted by molar-refractivity contribution is 7.51. The first-order valence-corrected chi connectivity index (χ1v) is 6.62. The minimum atomic E-state index is -2.11. The van der Waals surface area contributed by atoms with Crippen LogP contribution in [0.1, 0.15) is 13.8 Å². The summed E-state index contributed by atoms with van der Waals surface area (Å²) in [6.45, 7) is 3.66. The number of aliphatic hydroxyl groups is 4. The number of aliphatic hydroxyl groups excluding tert-OH is 4. The van der Waals surface area contributed by atoms with E-state index in [1.54, 1.807) is 6.08 Å². The Kier molecular flexibility index (Phi) is 5.22. The number of rotatable bonds is 3. The van der Waals surface area contributed by atoms with Crippen molar-refractivity contribution in [3.05, 3.63) is 11.6 Å². The molecule has 0 aromatic heterocycles. The predicted molar refractivity (Wildman–Crippen MR) is 61.1 cm³/mol. The molecule has 7 heteroatoms. The van der Waals surface area contributed by atoms with Crippen molar-refractivity contribution in [2.75, 3.05) is 6.16 Å². The lowest BCUT2D eigenvalue weighted by Crippen LogP contribution is -2.36. The Labute approximate surface area is 100 Å². The maximum absolute atomic E-state index is 11.7. The number of hydrogen-bond acceptors (Lipinski definition) is 5. The number of hydrogen-bond donors (Lipinski definition) is 4. The molecule has 0 bridgehead atoms. The predicted octanol–water partition coefficient (Wildman–Crippen LogP) is -1.35. The van der Waals surface area contributed by atoms with Crippen molar-refractivity contribution < 1.29 is 30.1 Å². The van der Waals surface area contributed by atoms with E-state index in [0.29, 0.717) is 0 Å². The van der Waals surface area contributed by atoms with Gasteiger partial charge in [0.15, 0.2) is 12.4 Å². The van der Waals surface area contributed by atoms with E-state index < -0.39 is 37.9 Å². The quantitative estimate of drug-likeness (QED) is 0.370. The molecule has 0 aromatic rings. The molecule has 4 N–H and O–H groups in total. The second-order valence-electron chi connectivity index (χ2n) is 4.13. The molecule has 5 atom stereocenters. The lowest BCUT2D eigenvalue weighted by atomic mass is 10.1. The molecule has 0 saturated carbocycles. The zero-order valence-corrected chi connectivity index (χ0v) is 10.5. The Hall–Kier alpha value is -0.330. The van der Waals surface area contributed by atoms with Crippen LogP contribution in [0.4, 0.5) is 0 Å². The molecule has 1 aliphatic heterocycles. The lowest BCUT2D eigenvalue weighted by Gasteiger charge is -2.12. The molecule has 0 aromatic carbocycles. The molecule has 1 fully saturated rings. The van der Waals surface area contributed by atoms with Gasteiger partial charge in [0.25, 0.3) is 5.48 Å². The van der Waals surface area contributed by atoms with Gasteiger partial charge in [0.05, 0.1) is 7.77 Å². The minimum absolute atomic E-state index is 0.127. The Morgan fingerprint density at radius 1 is 1.29 bits per heavy atom. The highest BCUT2D eigenvalue weighted by Gasteiger charge is 2.46. The average molecular weight is 264 g/mol. The molecule has 98 valence electrons. The fourth-order valence-corrected chi connectivity index (χ4v) is 2.59. The van der Waals surface area contributed by atoms with Crippen molar-refractivity contribution >= 4 is 13.3 Å². The summed E-state index contributed by atoms with van der Waals surface area (Å²) < 4.78 is 4.74. The van der Waals surface area contributed by atoms with Crippen LogP contribution in [-0.4, -0.2) is 56.7 Å². The molecule has 1 saturated heterocycles. The second kappa shape index (κ2) is 6.02. The van der Waals surface area contributed by atoms with E-state index in [9.17, 15) is 20.2 Å². The van der Waals surface area contributed by atoms with Gasteiger partial charge >= 0.3 is 0 Å². The summed E-state index contributed by atoms with van der Waals surface area (Å²) in [5, 5.41) is 37.5. The monoisotopic (exact) mass is 264 g/mol. The first-order chi connectivity index (χ1) is 7.84. The van der Waals surface area contributed by atoms with Crippen molar-refractivity contribution in [1.82, 2.24) is 0 Å². The standard InChI is InChI=1S/C10H17O6P/c1-5(2)3-4-17(15)10(14)8-6(11)7(12)9(13)16-8/h3,6-9,11-14H,4H2,1-2H3/t6-,7+,8-,9+/m0/s1. The largest absolute Gasteiger partial charge is 0.628 e. The van der Waals surface area contributed by atoms with Gasteiger partial charge < -0.3 is 30.1 Å². The summed E-state index contributed by atoms with van der Waals surface area (Å²) in [5.74, 6) is 0. The maximum atomic E-state index is 11.7. The van der Waals surface area contributed by atoms with Gasteiger partial charge in [-0.3, -0.25) is 0 Å². The highest BCUT2D eigenvalue weighted by atomic mass is 31.1. The molecule has 0 aliphatic carbocycles. The highest BCUT2D eigenvalue weighted by Crippen LogP contribution is 2.25. The van der Waals surface area contributed by atoms with Gasteiger partial charge in [-0.15, -0.1) is 0 Å². The van der Waals surface area contributed by atoms with E-state index in [1.165, 1.54) is 0 Å². The summed E-state index contributed by atoms with van der Waals surface area (Å²) in [4.78, 5) is 11.7. The van der Waals surface area contributed by atoms with Crippen molar-refractivity contribution in [3.63, 3.8) is 0 Å². The Morgan fingerprint density at radius 3 is 2.29 bits per heavy atom. The zero-order valence-electron chi connectivity index (χ0n) is 9.65. The van der Waals surface area contributed by atoms with E-state index in [4.69, 9.17) is 9.84 Å². The van der Waals surface area contributed by atoms with Crippen LogP contribution >= 0.6 is 7.77 Å². The van der Waals surface area contributed by atoms with Crippen LogP contribution in [0.3, 0.4) is 0 Å². The van der Waals surface area contributed by atoms with Crippen LogP contribution in [0.15, 0.2) is 11.6 Å². The van der Waals surface area contributed by atoms with E-state index >= 15 is 0 Å². The fourth-order valence-electron chi connectivity index (χ4n) is 1.37. The number of ether oxygens (including phenoxy) is 1. The van der Waals surface area contributed by atoms with E-state index in [-0.39, 0.29) is 6.16 Å². The smallest absolute Gasteiger partial charge is 0.250 e. The van der Waals surface area contributed by atoms with Crippen LogP contribution < -0.4 is 4.89 Å². The Balaban J connectivity index is 2.78. The molecular weight excluding hydrogens is 247 g/mol. The maximum Gasteiger partial charge on any atom is 0.250 e. The Morgan fingerprint density at radius 2 is 1.88 bits per heavy atom. The molecule has 0 spiro atoms. The van der Waals surface area contributed by atoms with Crippen molar-refractivity contribution in [1.29, 1.82) is 0 Å². The van der Waals surface area contributed by atoms with Gasteiger partial charge in [0.1, 0.15) is 18.4 Å². The fraction of sp³-hybridized carbons (Fsp3) is 0.700. The molecule has 1 heterocycles. The minimum Gasteiger partial charge on any atom is -0.628 e. The summed E-state index contributed by atoms with van der Waals surface area (Å²) in [6, 6.07) is 0. The molecule has 6 nitrogen and oxygen atoms in total. The van der Waals surface area contributed by atoms with Gasteiger partial charge in [-0.05, 0) is 19.9 Å². The molecule has 17 heavy (non-hydrogen) atoms. The van der Waals surface area contributed by atoms with Crippen LogP contribution in [0.5, 0.6) is 0 Å². The second-order valence-corrected chi connectivity index (χ2v) is 5.71. The molecule has 1 aliphatic rings. The molecule has 1 unspecified atom stereocenters. The van der Waals surface area contributed by atoms with Gasteiger partial charge in [-0.2, -0.15) is 0 Å². The van der Waals surface area contributed by atoms with Crippen molar-refractivity contribution in [3.8, 4) is 0 Å². The van der Waals surface area contributed by atoms with Crippen LogP contribution in [0, 0.1) is 0 Å². The molecule has 0 amide bonds. The van der Waals surface area contributed by atoms with Gasteiger partial charge in [0.2, 0.25) is 0 Å². The average Bonchev–Trinajstić information content (AvgIpc) is 2.52. The zero-order chi connectivity index (χ0) is 13.2. The van der Waals surface area contributed by atoms with Gasteiger partial charge in [-0.25, -0.2) is 0 Å². The number of allylic oxidation sites excluding steroid dienone is 2. The molecule has 0 radical (unpaired) electrons. The summed E-state index contributed by atoms with van der Waals surface area (Å²) >= 11 is 0. The van der Waals surface area contributed by atoms with Crippen molar-refractivity contribution in [2.24, 2.45) is 0 Å². The topological polar surface area (TPSA) is 113 Å². The summed E-state index contributed by atoms with van der Waals surface area (Å²) in [6.07, 6.45) is -4.06. The third kappa shape index (κ3) is 3.56. The molecule has 1 rings (SSSR count). The van der Waals surface area contributed by atoms with Crippen LogP contribution in [-0.2, 0) is 4.74 Å². The van der Waals surface area contributed by atoms with Gasteiger partial charge in [0, 0.05) is 0 Å². The lowest BCUT2D eigenvalue weighted by molar-refractivity contribution is -0.153. The first kappa shape index (κ1) is 14.7. The SMILES string of the molecule is CC(C)=CC[P+]([O-])=C(O)[C@H]1O[C@@H](O)[C@H](O)[C@@H]1O. The summed E-state index contributed by atoms with van der Waals surface area (Å²) in [5.41, 5.74) is 0.412. The van der Waals surface area contributed by atoms with E-state index in [1.807, 2.05) is 13.8 Å². The normalized spacial score (nSPS) is 34.5.